The van der Waals surface area contributed by atoms with Gasteiger partial charge in [-0.3, -0.25) is 0 Å². The van der Waals surface area contributed by atoms with Crippen molar-refractivity contribution in [1.82, 2.24) is 4.98 Å². The molecule has 1 heterocycles. The number of para-hydroxylation sites is 1. The molecule has 2 N–H and O–H groups in total. The molecule has 0 saturated carbocycles. The van der Waals surface area contributed by atoms with Gasteiger partial charge in [0.1, 0.15) is 11.3 Å². The van der Waals surface area contributed by atoms with Gasteiger partial charge in [-0.2, -0.15) is 0 Å². The fraction of sp³-hybridized carbons (Fsp3) is 0. The van der Waals surface area contributed by atoms with Crippen LogP contribution in [0, 0.1) is 3.57 Å². The number of fused-ring (bicyclic) bond motifs is 1. The molecule has 21 heavy (non-hydrogen) atoms. The molecule has 0 bridgehead atoms. The fourth-order valence-electron chi connectivity index (χ4n) is 2.23. The first kappa shape index (κ1) is 13.8. The van der Waals surface area contributed by atoms with Crippen LogP contribution in [0.2, 0.25) is 0 Å². The highest BCUT2D eigenvalue weighted by Crippen LogP contribution is 2.35. The highest BCUT2D eigenvalue weighted by molar-refractivity contribution is 14.1. The minimum Gasteiger partial charge on any atom is -0.505 e. The Morgan fingerprint density at radius 3 is 2.38 bits per heavy atom. The summed E-state index contributed by atoms with van der Waals surface area (Å²) in [5, 5.41) is 20.2. The number of carboxylic acids is 1. The molecule has 0 radical (unpaired) electrons. The van der Waals surface area contributed by atoms with E-state index in [-0.39, 0.29) is 17.0 Å². The number of aromatic carboxylic acids is 1. The maximum atomic E-state index is 11.5. The molecule has 3 aromatic rings. The number of pyridine rings is 1. The summed E-state index contributed by atoms with van der Waals surface area (Å²) in [4.78, 5) is 15.9. The quantitative estimate of drug-likeness (QED) is 0.650. The van der Waals surface area contributed by atoms with Gasteiger partial charge in [-0.15, -0.1) is 0 Å². The molecule has 3 rings (SSSR count). The zero-order valence-corrected chi connectivity index (χ0v) is 12.9. The van der Waals surface area contributed by atoms with Gasteiger partial charge >= 0.3 is 5.97 Å². The maximum Gasteiger partial charge on any atom is 0.340 e. The third-order valence-corrected chi connectivity index (χ3v) is 3.92. The van der Waals surface area contributed by atoms with Crippen LogP contribution in [-0.2, 0) is 0 Å². The molecular weight excluding hydrogens is 381 g/mol. The van der Waals surface area contributed by atoms with E-state index in [2.05, 4.69) is 27.6 Å². The summed E-state index contributed by atoms with van der Waals surface area (Å²) in [5.74, 6) is -1.47. The van der Waals surface area contributed by atoms with Gasteiger partial charge in [0.2, 0.25) is 0 Å². The molecule has 0 aliphatic heterocycles. The Kier molecular flexibility index (Phi) is 3.50. The van der Waals surface area contributed by atoms with Crippen molar-refractivity contribution in [3.63, 3.8) is 0 Å². The molecule has 2 aromatic carbocycles. The van der Waals surface area contributed by atoms with Gasteiger partial charge in [0, 0.05) is 14.5 Å². The lowest BCUT2D eigenvalue weighted by Crippen LogP contribution is -2.01. The minimum atomic E-state index is -1.17. The van der Waals surface area contributed by atoms with Gasteiger partial charge in [-0.05, 0) is 40.8 Å². The van der Waals surface area contributed by atoms with E-state index in [1.807, 2.05) is 24.3 Å². The summed E-state index contributed by atoms with van der Waals surface area (Å²) < 4.78 is 1.05. The highest BCUT2D eigenvalue weighted by atomic mass is 127. The number of hydrogen-bond donors (Lipinski definition) is 2. The second-order valence-corrected chi connectivity index (χ2v) is 5.76. The minimum absolute atomic E-state index is 0.117. The predicted octanol–water partition coefficient (Wildman–Crippen LogP) is 3.91. The van der Waals surface area contributed by atoms with Gasteiger partial charge in [-0.25, -0.2) is 9.78 Å². The Labute approximate surface area is 134 Å². The maximum absolute atomic E-state index is 11.5. The Balaban J connectivity index is 2.36. The van der Waals surface area contributed by atoms with Gasteiger partial charge < -0.3 is 10.2 Å². The highest BCUT2D eigenvalue weighted by Gasteiger charge is 2.20. The molecule has 0 fully saturated rings. The SMILES string of the molecule is O=C(O)c1c(O)c(-c2ccc(I)cc2)nc2ccccc12. The summed E-state index contributed by atoms with van der Waals surface area (Å²) in [6, 6.07) is 14.3. The number of carbonyl (C=O) groups is 1. The van der Waals surface area contributed by atoms with Crippen LogP contribution in [0.25, 0.3) is 22.2 Å². The Morgan fingerprint density at radius 2 is 1.71 bits per heavy atom. The zero-order valence-electron chi connectivity index (χ0n) is 10.7. The molecule has 0 aliphatic carbocycles. The smallest absolute Gasteiger partial charge is 0.340 e. The van der Waals surface area contributed by atoms with E-state index in [1.54, 1.807) is 24.3 Å². The molecule has 0 saturated heterocycles. The summed E-state index contributed by atoms with van der Waals surface area (Å²) in [6.07, 6.45) is 0. The lowest BCUT2D eigenvalue weighted by molar-refractivity contribution is 0.0696. The Hall–Kier alpha value is -2.15. The van der Waals surface area contributed by atoms with Crippen LogP contribution < -0.4 is 0 Å². The normalized spacial score (nSPS) is 10.7. The van der Waals surface area contributed by atoms with Gasteiger partial charge in [0.15, 0.2) is 5.75 Å². The van der Waals surface area contributed by atoms with Crippen molar-refractivity contribution in [1.29, 1.82) is 0 Å². The summed E-state index contributed by atoms with van der Waals surface area (Å²) >= 11 is 2.18. The van der Waals surface area contributed by atoms with E-state index in [4.69, 9.17) is 0 Å². The molecule has 104 valence electrons. The number of aromatic hydroxyl groups is 1. The van der Waals surface area contributed by atoms with Crippen LogP contribution in [-0.4, -0.2) is 21.2 Å². The Bertz CT molecular complexity index is 844. The molecule has 4 nitrogen and oxygen atoms in total. The van der Waals surface area contributed by atoms with Crippen LogP contribution >= 0.6 is 22.6 Å². The lowest BCUT2D eigenvalue weighted by atomic mass is 10.0. The second-order valence-electron chi connectivity index (χ2n) is 4.51. The molecule has 0 aliphatic rings. The van der Waals surface area contributed by atoms with Crippen LogP contribution in [0.1, 0.15) is 10.4 Å². The molecule has 0 unspecified atom stereocenters. The van der Waals surface area contributed by atoms with Crippen LogP contribution in [0.15, 0.2) is 48.5 Å². The fourth-order valence-corrected chi connectivity index (χ4v) is 2.59. The van der Waals surface area contributed by atoms with E-state index in [1.165, 1.54) is 0 Å². The van der Waals surface area contributed by atoms with Crippen molar-refractivity contribution < 1.29 is 15.0 Å². The van der Waals surface area contributed by atoms with Crippen LogP contribution in [0.5, 0.6) is 5.75 Å². The summed E-state index contributed by atoms with van der Waals surface area (Å²) in [7, 11) is 0. The third kappa shape index (κ3) is 2.44. The monoisotopic (exact) mass is 391 g/mol. The number of carboxylic acid groups (broad SMARTS) is 1. The first-order valence-electron chi connectivity index (χ1n) is 6.19. The van der Waals surface area contributed by atoms with Crippen LogP contribution in [0.4, 0.5) is 0 Å². The topological polar surface area (TPSA) is 70.4 Å². The molecule has 0 spiro atoms. The predicted molar refractivity (Wildman–Crippen MR) is 88.5 cm³/mol. The molecular formula is C16H10INO3. The average Bonchev–Trinajstić information content (AvgIpc) is 2.47. The Morgan fingerprint density at radius 1 is 1.05 bits per heavy atom. The lowest BCUT2D eigenvalue weighted by Gasteiger charge is -2.10. The number of nitrogens with zero attached hydrogens (tertiary/aromatic N) is 1. The summed E-state index contributed by atoms with van der Waals surface area (Å²) in [6.45, 7) is 0. The average molecular weight is 391 g/mol. The number of halogens is 1. The molecule has 5 heteroatoms. The largest absolute Gasteiger partial charge is 0.505 e. The van der Waals surface area contributed by atoms with Crippen molar-refractivity contribution in [3.05, 3.63) is 57.7 Å². The second kappa shape index (κ2) is 5.33. The number of rotatable bonds is 2. The van der Waals surface area contributed by atoms with Crippen LogP contribution in [0.3, 0.4) is 0 Å². The van der Waals surface area contributed by atoms with Crippen molar-refractivity contribution >= 4 is 39.5 Å². The van der Waals surface area contributed by atoms with E-state index >= 15 is 0 Å². The van der Waals surface area contributed by atoms with Crippen molar-refractivity contribution in [2.24, 2.45) is 0 Å². The zero-order chi connectivity index (χ0) is 15.0. The number of benzene rings is 2. The summed E-state index contributed by atoms with van der Waals surface area (Å²) in [5.41, 5.74) is 1.39. The van der Waals surface area contributed by atoms with Crippen molar-refractivity contribution in [2.45, 2.75) is 0 Å². The van der Waals surface area contributed by atoms with Crippen molar-refractivity contribution in [2.75, 3.05) is 0 Å². The van der Waals surface area contributed by atoms with Gasteiger partial charge in [-0.1, -0.05) is 30.3 Å². The number of hydrogen-bond acceptors (Lipinski definition) is 3. The molecule has 0 amide bonds. The first-order chi connectivity index (χ1) is 10.1. The number of aromatic nitrogens is 1. The van der Waals surface area contributed by atoms with E-state index in [9.17, 15) is 15.0 Å². The van der Waals surface area contributed by atoms with E-state index in [0.717, 1.165) is 3.57 Å². The van der Waals surface area contributed by atoms with Crippen molar-refractivity contribution in [3.8, 4) is 17.0 Å². The standard InChI is InChI=1S/C16H10INO3/c17-10-7-5-9(6-8-10)14-15(19)13(16(20)21)11-3-1-2-4-12(11)18-14/h1-8,19H,(H,20,21). The van der Waals surface area contributed by atoms with E-state index < -0.39 is 5.97 Å². The first-order valence-corrected chi connectivity index (χ1v) is 7.27. The molecule has 0 atom stereocenters. The third-order valence-electron chi connectivity index (χ3n) is 3.20. The van der Waals surface area contributed by atoms with Gasteiger partial charge in [0.25, 0.3) is 0 Å². The molecule has 1 aromatic heterocycles. The van der Waals surface area contributed by atoms with E-state index in [0.29, 0.717) is 16.5 Å². The van der Waals surface area contributed by atoms with Gasteiger partial charge in [0.05, 0.1) is 5.52 Å².